The monoisotopic (exact) mass is 650 g/mol. The van der Waals surface area contributed by atoms with Crippen molar-refractivity contribution in [2.24, 2.45) is 10.1 Å². The number of aromatic nitrogens is 1. The van der Waals surface area contributed by atoms with Gasteiger partial charge in [0.1, 0.15) is 10.9 Å². The zero-order valence-electron chi connectivity index (χ0n) is 26.0. The molecule has 2 aromatic carbocycles. The molecule has 2 aliphatic heterocycles. The maximum atomic E-state index is 12.0. The number of primary sulfonamides is 1. The van der Waals surface area contributed by atoms with Crippen LogP contribution in [0.2, 0.25) is 30.7 Å². The van der Waals surface area contributed by atoms with Gasteiger partial charge in [0.25, 0.3) is 0 Å². The van der Waals surface area contributed by atoms with Gasteiger partial charge in [0, 0.05) is 43.6 Å². The molecule has 1 fully saturated rings. The SMILES string of the molecule is C[Si](C)(C)CCOCC1N=C(c2ccc(S(N)(=O)=O)c(Cl)c2)c2cc(-c3ccc4c(c3)CC[C@@H](N3CCCC3)CC4)cnc21. The molecule has 10 heteroatoms. The van der Waals surface area contributed by atoms with Crippen LogP contribution >= 0.6 is 11.6 Å². The van der Waals surface area contributed by atoms with Crippen molar-refractivity contribution >= 4 is 35.4 Å². The first-order valence-corrected chi connectivity index (χ1v) is 21.4. The molecule has 1 aliphatic carbocycles. The van der Waals surface area contributed by atoms with E-state index in [0.29, 0.717) is 19.3 Å². The zero-order valence-corrected chi connectivity index (χ0v) is 28.6. The Hall–Kier alpha value is -2.40. The number of benzene rings is 2. The highest BCUT2D eigenvalue weighted by Gasteiger charge is 2.30. The van der Waals surface area contributed by atoms with Crippen molar-refractivity contribution in [2.75, 3.05) is 26.3 Å². The van der Waals surface area contributed by atoms with Gasteiger partial charge in [-0.2, -0.15) is 0 Å². The van der Waals surface area contributed by atoms with Crippen molar-refractivity contribution in [3.05, 3.63) is 81.6 Å². The second-order valence-corrected chi connectivity index (χ2v) is 21.2. The molecule has 7 nitrogen and oxygen atoms in total. The zero-order chi connectivity index (χ0) is 31.1. The first-order chi connectivity index (χ1) is 21.0. The average Bonchev–Trinajstić information content (AvgIpc) is 3.57. The van der Waals surface area contributed by atoms with Crippen molar-refractivity contribution in [3.8, 4) is 11.1 Å². The first kappa shape index (κ1) is 31.6. The molecule has 3 aromatic rings. The Bertz CT molecular complexity index is 1680. The number of likely N-dealkylation sites (tertiary alicyclic amines) is 1. The summed E-state index contributed by atoms with van der Waals surface area (Å²) >= 11 is 6.41. The molecule has 234 valence electrons. The smallest absolute Gasteiger partial charge is 0.239 e. The van der Waals surface area contributed by atoms with Gasteiger partial charge in [0.15, 0.2) is 0 Å². The van der Waals surface area contributed by atoms with Gasteiger partial charge < -0.3 is 9.64 Å². The second-order valence-electron chi connectivity index (χ2n) is 13.7. The van der Waals surface area contributed by atoms with Gasteiger partial charge in [0.05, 0.1) is 23.0 Å². The lowest BCUT2D eigenvalue weighted by Crippen LogP contribution is -2.32. The van der Waals surface area contributed by atoms with Crippen LogP contribution in [0, 0.1) is 0 Å². The van der Waals surface area contributed by atoms with Crippen molar-refractivity contribution in [3.63, 3.8) is 0 Å². The predicted molar refractivity (Wildman–Crippen MR) is 181 cm³/mol. The maximum Gasteiger partial charge on any atom is 0.239 e. The second kappa shape index (κ2) is 12.8. The molecule has 3 aliphatic rings. The average molecular weight is 651 g/mol. The number of hydrogen-bond acceptors (Lipinski definition) is 6. The Morgan fingerprint density at radius 1 is 0.977 bits per heavy atom. The Morgan fingerprint density at radius 2 is 1.70 bits per heavy atom. The van der Waals surface area contributed by atoms with Gasteiger partial charge >= 0.3 is 0 Å². The molecule has 0 amide bonds. The summed E-state index contributed by atoms with van der Waals surface area (Å²) in [6, 6.07) is 15.4. The Balaban J connectivity index is 1.30. The largest absolute Gasteiger partial charge is 0.379 e. The number of sulfonamides is 1. The molecule has 6 rings (SSSR count). The standard InChI is InChI=1S/C34H43ClN4O3SSi/c1-44(2,3)17-16-42-22-31-34-29(33(38-31)26-10-13-32(30(35)20-26)43(36,40)41)19-27(21-37-34)25-7-6-23-8-11-28(12-9-24(23)18-25)39-14-4-5-15-39/h6-7,10,13,18-21,28,31H,4-5,8-9,11-12,14-17,22H2,1-3H3,(H2,36,40,41)/t28-,31?/m0/s1. The minimum atomic E-state index is -3.94. The van der Waals surface area contributed by atoms with Gasteiger partial charge in [-0.1, -0.05) is 55.5 Å². The van der Waals surface area contributed by atoms with Gasteiger partial charge in [-0.05, 0) is 92.5 Å². The highest BCUT2D eigenvalue weighted by Crippen LogP contribution is 2.36. The third-order valence-electron chi connectivity index (χ3n) is 9.25. The van der Waals surface area contributed by atoms with E-state index in [1.807, 2.05) is 6.20 Å². The van der Waals surface area contributed by atoms with Gasteiger partial charge in [0.2, 0.25) is 10.0 Å². The summed E-state index contributed by atoms with van der Waals surface area (Å²) in [4.78, 5) is 12.6. The lowest BCUT2D eigenvalue weighted by molar-refractivity contribution is 0.133. The van der Waals surface area contributed by atoms with Gasteiger partial charge in [-0.3, -0.25) is 9.98 Å². The van der Waals surface area contributed by atoms with Crippen molar-refractivity contribution in [1.82, 2.24) is 9.88 Å². The Morgan fingerprint density at radius 3 is 2.41 bits per heavy atom. The summed E-state index contributed by atoms with van der Waals surface area (Å²) in [5.74, 6) is 0. The summed E-state index contributed by atoms with van der Waals surface area (Å²) in [7, 11) is -5.16. The minimum absolute atomic E-state index is 0.0752. The molecule has 1 aromatic heterocycles. The van der Waals surface area contributed by atoms with Crippen LogP contribution in [0.4, 0.5) is 0 Å². The molecule has 0 bridgehead atoms. The van der Waals surface area contributed by atoms with E-state index in [4.69, 9.17) is 31.5 Å². The first-order valence-electron chi connectivity index (χ1n) is 15.8. The Labute approximate surface area is 268 Å². The molecular formula is C34H43ClN4O3SSi. The van der Waals surface area contributed by atoms with E-state index in [9.17, 15) is 8.42 Å². The van der Waals surface area contributed by atoms with E-state index < -0.39 is 18.1 Å². The summed E-state index contributed by atoms with van der Waals surface area (Å²) < 4.78 is 30.1. The fraction of sp³-hybridized carbons (Fsp3) is 0.471. The molecule has 44 heavy (non-hydrogen) atoms. The van der Waals surface area contributed by atoms with Crippen LogP contribution in [-0.4, -0.2) is 64.4 Å². The predicted octanol–water partition coefficient (Wildman–Crippen LogP) is 6.64. The van der Waals surface area contributed by atoms with Crippen molar-refractivity contribution < 1.29 is 13.2 Å². The van der Waals surface area contributed by atoms with E-state index in [1.54, 1.807) is 12.1 Å². The highest BCUT2D eigenvalue weighted by molar-refractivity contribution is 7.89. The molecule has 0 radical (unpaired) electrons. The lowest BCUT2D eigenvalue weighted by Gasteiger charge is -2.26. The van der Waals surface area contributed by atoms with E-state index in [1.165, 1.54) is 56.0 Å². The summed E-state index contributed by atoms with van der Waals surface area (Å²) in [6.45, 7) is 10.6. The maximum absolute atomic E-state index is 12.0. The van der Waals surface area contributed by atoms with Gasteiger partial charge in [-0.25, -0.2) is 13.6 Å². The Kier molecular flexibility index (Phi) is 9.16. The van der Waals surface area contributed by atoms with E-state index in [-0.39, 0.29) is 16.0 Å². The fourth-order valence-electron chi connectivity index (χ4n) is 6.72. The van der Waals surface area contributed by atoms with Gasteiger partial charge in [-0.15, -0.1) is 0 Å². The summed E-state index contributed by atoms with van der Waals surface area (Å²) in [5.41, 5.74) is 8.34. The molecular weight excluding hydrogens is 608 g/mol. The normalized spacial score (nSPS) is 20.7. The number of aryl methyl sites for hydroxylation is 2. The molecule has 0 spiro atoms. The quantitative estimate of drug-likeness (QED) is 0.159. The number of rotatable bonds is 9. The number of ether oxygens (including phenoxy) is 1. The summed E-state index contributed by atoms with van der Waals surface area (Å²) in [5, 5.41) is 5.45. The lowest BCUT2D eigenvalue weighted by atomic mass is 9.94. The number of halogens is 1. The van der Waals surface area contributed by atoms with Crippen LogP contribution in [0.1, 0.15) is 59.7 Å². The van der Waals surface area contributed by atoms with Crippen LogP contribution in [0.15, 0.2) is 58.5 Å². The van der Waals surface area contributed by atoms with Crippen LogP contribution in [0.25, 0.3) is 11.1 Å². The number of nitrogens with two attached hydrogens (primary N) is 1. The molecule has 1 saturated heterocycles. The van der Waals surface area contributed by atoms with Crippen LogP contribution in [-0.2, 0) is 27.6 Å². The fourth-order valence-corrected chi connectivity index (χ4v) is 8.56. The van der Waals surface area contributed by atoms with Crippen LogP contribution in [0.5, 0.6) is 0 Å². The number of pyridine rings is 1. The van der Waals surface area contributed by atoms with Crippen molar-refractivity contribution in [1.29, 1.82) is 0 Å². The van der Waals surface area contributed by atoms with E-state index >= 15 is 0 Å². The topological polar surface area (TPSA) is 97.9 Å². The molecule has 1 unspecified atom stereocenters. The number of aliphatic imine (C=N–C) groups is 1. The van der Waals surface area contributed by atoms with Crippen LogP contribution < -0.4 is 5.14 Å². The third-order valence-corrected chi connectivity index (χ3v) is 12.3. The van der Waals surface area contributed by atoms with Crippen LogP contribution in [0.3, 0.4) is 0 Å². The molecule has 3 heterocycles. The third kappa shape index (κ3) is 7.03. The summed E-state index contributed by atoms with van der Waals surface area (Å²) in [6.07, 6.45) is 9.29. The molecule has 2 atom stereocenters. The minimum Gasteiger partial charge on any atom is -0.379 e. The number of hydrogen-bond donors (Lipinski definition) is 1. The van der Waals surface area contributed by atoms with E-state index in [2.05, 4.69) is 48.8 Å². The number of nitrogens with zero attached hydrogens (tertiary/aromatic N) is 3. The highest BCUT2D eigenvalue weighted by atomic mass is 35.5. The molecule has 0 saturated carbocycles. The van der Waals surface area contributed by atoms with E-state index in [0.717, 1.165) is 52.5 Å². The molecule has 2 N–H and O–H groups in total. The number of fused-ring (bicyclic) bond motifs is 2. The van der Waals surface area contributed by atoms with Crippen molar-refractivity contribution in [2.45, 2.75) is 81.2 Å².